The van der Waals surface area contributed by atoms with Crippen molar-refractivity contribution in [2.45, 2.75) is 39.8 Å². The smallest absolute Gasteiger partial charge is 0.0948 e. The van der Waals surface area contributed by atoms with E-state index in [-0.39, 0.29) is 0 Å². The molecule has 3 nitrogen and oxygen atoms in total. The first kappa shape index (κ1) is 12.7. The minimum Gasteiger partial charge on any atom is -0.379 e. The largest absolute Gasteiger partial charge is 0.379 e. The maximum atomic E-state index is 4.17. The summed E-state index contributed by atoms with van der Waals surface area (Å²) in [5, 5.41) is 3.43. The van der Waals surface area contributed by atoms with Crippen molar-refractivity contribution >= 4 is 5.69 Å². The number of nitrogens with zero attached hydrogens (tertiary/aromatic N) is 2. The van der Waals surface area contributed by atoms with Crippen LogP contribution in [0.1, 0.15) is 31.5 Å². The highest BCUT2D eigenvalue weighted by molar-refractivity contribution is 5.44. The Bertz CT molecular complexity index is 471. The Morgan fingerprint density at radius 2 is 1.94 bits per heavy atom. The molecule has 2 aromatic rings. The minimum absolute atomic E-state index is 0.820. The summed E-state index contributed by atoms with van der Waals surface area (Å²) < 4.78 is 2.15. The van der Waals surface area contributed by atoms with E-state index in [1.54, 1.807) is 0 Å². The van der Waals surface area contributed by atoms with Crippen LogP contribution in [0.5, 0.6) is 0 Å². The first-order chi connectivity index (χ1) is 8.83. The molecule has 2 rings (SSSR count). The van der Waals surface area contributed by atoms with Crippen molar-refractivity contribution in [3.05, 3.63) is 48.0 Å². The highest BCUT2D eigenvalue weighted by atomic mass is 15.1. The molecular formula is C15H21N3. The van der Waals surface area contributed by atoms with Gasteiger partial charge in [0.2, 0.25) is 0 Å². The molecule has 1 heterocycles. The van der Waals surface area contributed by atoms with Crippen molar-refractivity contribution in [3.63, 3.8) is 0 Å². The highest BCUT2D eigenvalue weighted by Gasteiger charge is 2.00. The van der Waals surface area contributed by atoms with Crippen molar-refractivity contribution in [2.75, 3.05) is 5.32 Å². The van der Waals surface area contributed by atoms with Crippen LogP contribution in [0.3, 0.4) is 0 Å². The molecular weight excluding hydrogens is 222 g/mol. The van der Waals surface area contributed by atoms with Crippen molar-refractivity contribution in [1.29, 1.82) is 0 Å². The predicted molar refractivity (Wildman–Crippen MR) is 75.7 cm³/mol. The van der Waals surface area contributed by atoms with E-state index in [9.17, 15) is 0 Å². The topological polar surface area (TPSA) is 29.9 Å². The molecule has 1 N–H and O–H groups in total. The maximum absolute atomic E-state index is 4.17. The molecule has 0 fully saturated rings. The molecule has 0 aliphatic rings. The van der Waals surface area contributed by atoms with E-state index in [2.05, 4.69) is 53.0 Å². The Morgan fingerprint density at radius 3 is 2.61 bits per heavy atom. The SMILES string of the molecule is CCCc1ccc(NCc2cncn2CC)cc1. The predicted octanol–water partition coefficient (Wildman–Crippen LogP) is 3.47. The van der Waals surface area contributed by atoms with Gasteiger partial charge in [-0.2, -0.15) is 0 Å². The van der Waals surface area contributed by atoms with Gasteiger partial charge in [0.15, 0.2) is 0 Å². The van der Waals surface area contributed by atoms with Gasteiger partial charge in [-0.1, -0.05) is 25.5 Å². The van der Waals surface area contributed by atoms with E-state index in [0.717, 1.165) is 19.5 Å². The van der Waals surface area contributed by atoms with Crippen LogP contribution in [0, 0.1) is 0 Å². The van der Waals surface area contributed by atoms with Crippen molar-refractivity contribution in [3.8, 4) is 0 Å². The molecule has 0 bridgehead atoms. The zero-order valence-electron chi connectivity index (χ0n) is 11.2. The Labute approximate surface area is 109 Å². The fourth-order valence-corrected chi connectivity index (χ4v) is 2.05. The van der Waals surface area contributed by atoms with Crippen molar-refractivity contribution in [1.82, 2.24) is 9.55 Å². The zero-order chi connectivity index (χ0) is 12.8. The molecule has 96 valence electrons. The second-order valence-corrected chi connectivity index (χ2v) is 4.47. The average Bonchev–Trinajstić information content (AvgIpc) is 2.86. The number of hydrogen-bond acceptors (Lipinski definition) is 2. The summed E-state index contributed by atoms with van der Waals surface area (Å²) in [7, 11) is 0. The summed E-state index contributed by atoms with van der Waals surface area (Å²) in [6, 6.07) is 8.70. The Kier molecular flexibility index (Phi) is 4.40. The molecule has 0 aliphatic carbocycles. The van der Waals surface area contributed by atoms with E-state index in [1.165, 1.54) is 23.4 Å². The molecule has 0 aliphatic heterocycles. The fourth-order valence-electron chi connectivity index (χ4n) is 2.05. The van der Waals surface area contributed by atoms with Crippen LogP contribution in [-0.4, -0.2) is 9.55 Å². The summed E-state index contributed by atoms with van der Waals surface area (Å²) in [4.78, 5) is 4.17. The van der Waals surface area contributed by atoms with Crippen molar-refractivity contribution < 1.29 is 0 Å². The lowest BCUT2D eigenvalue weighted by molar-refractivity contribution is 0.719. The molecule has 0 saturated carbocycles. The van der Waals surface area contributed by atoms with Gasteiger partial charge in [-0.15, -0.1) is 0 Å². The number of nitrogens with one attached hydrogen (secondary N) is 1. The third-order valence-corrected chi connectivity index (χ3v) is 3.11. The number of anilines is 1. The van der Waals surface area contributed by atoms with Gasteiger partial charge in [0, 0.05) is 18.4 Å². The molecule has 1 aromatic heterocycles. The number of hydrogen-bond donors (Lipinski definition) is 1. The number of benzene rings is 1. The number of aryl methyl sites for hydroxylation is 2. The lowest BCUT2D eigenvalue weighted by atomic mass is 10.1. The van der Waals surface area contributed by atoms with Gasteiger partial charge >= 0.3 is 0 Å². The fraction of sp³-hybridized carbons (Fsp3) is 0.400. The standard InChI is InChI=1S/C15H21N3/c1-3-5-13-6-8-14(9-7-13)17-11-15-10-16-12-18(15)4-2/h6-10,12,17H,3-5,11H2,1-2H3. The highest BCUT2D eigenvalue weighted by Crippen LogP contribution is 2.12. The van der Waals surface area contributed by atoms with Crippen LogP contribution in [0.15, 0.2) is 36.8 Å². The molecule has 3 heteroatoms. The minimum atomic E-state index is 0.820. The van der Waals surface area contributed by atoms with Gasteiger partial charge in [0.25, 0.3) is 0 Å². The quantitative estimate of drug-likeness (QED) is 0.842. The number of rotatable bonds is 6. The Balaban J connectivity index is 1.94. The first-order valence-electron chi connectivity index (χ1n) is 6.65. The zero-order valence-corrected chi connectivity index (χ0v) is 11.2. The molecule has 0 amide bonds. The number of aromatic nitrogens is 2. The summed E-state index contributed by atoms with van der Waals surface area (Å²) in [5.41, 5.74) is 3.79. The molecule has 0 atom stereocenters. The van der Waals surface area contributed by atoms with Gasteiger partial charge in [-0.3, -0.25) is 0 Å². The van der Waals surface area contributed by atoms with Crippen LogP contribution in [0.2, 0.25) is 0 Å². The first-order valence-corrected chi connectivity index (χ1v) is 6.65. The molecule has 0 saturated heterocycles. The third kappa shape index (κ3) is 3.13. The monoisotopic (exact) mass is 243 g/mol. The number of imidazole rings is 1. The summed E-state index contributed by atoms with van der Waals surface area (Å²) >= 11 is 0. The van der Waals surface area contributed by atoms with Gasteiger partial charge in [-0.05, 0) is 31.0 Å². The lowest BCUT2D eigenvalue weighted by Crippen LogP contribution is -2.05. The van der Waals surface area contributed by atoms with E-state index in [1.807, 2.05) is 12.5 Å². The summed E-state index contributed by atoms with van der Waals surface area (Å²) in [6.45, 7) is 6.12. The lowest BCUT2D eigenvalue weighted by Gasteiger charge is -2.09. The van der Waals surface area contributed by atoms with Crippen molar-refractivity contribution in [2.24, 2.45) is 0 Å². The average molecular weight is 243 g/mol. The van der Waals surface area contributed by atoms with Gasteiger partial charge in [-0.25, -0.2) is 4.98 Å². The van der Waals surface area contributed by atoms with Gasteiger partial charge in [0.05, 0.1) is 18.6 Å². The van der Waals surface area contributed by atoms with E-state index in [4.69, 9.17) is 0 Å². The molecule has 1 aromatic carbocycles. The van der Waals surface area contributed by atoms with Crippen LogP contribution in [0.25, 0.3) is 0 Å². The van der Waals surface area contributed by atoms with Crippen LogP contribution < -0.4 is 5.32 Å². The normalized spacial score (nSPS) is 10.6. The maximum Gasteiger partial charge on any atom is 0.0948 e. The Morgan fingerprint density at radius 1 is 1.17 bits per heavy atom. The third-order valence-electron chi connectivity index (χ3n) is 3.11. The summed E-state index contributed by atoms with van der Waals surface area (Å²) in [6.07, 6.45) is 6.15. The molecule has 18 heavy (non-hydrogen) atoms. The molecule has 0 radical (unpaired) electrons. The van der Waals surface area contributed by atoms with Crippen LogP contribution >= 0.6 is 0 Å². The van der Waals surface area contributed by atoms with Crippen LogP contribution in [0.4, 0.5) is 5.69 Å². The second kappa shape index (κ2) is 6.24. The van der Waals surface area contributed by atoms with Gasteiger partial charge in [0.1, 0.15) is 0 Å². The van der Waals surface area contributed by atoms with E-state index >= 15 is 0 Å². The van der Waals surface area contributed by atoms with E-state index in [0.29, 0.717) is 0 Å². The van der Waals surface area contributed by atoms with E-state index < -0.39 is 0 Å². The van der Waals surface area contributed by atoms with Crippen LogP contribution in [-0.2, 0) is 19.5 Å². The summed E-state index contributed by atoms with van der Waals surface area (Å²) in [5.74, 6) is 0. The second-order valence-electron chi connectivity index (χ2n) is 4.47. The molecule has 0 unspecified atom stereocenters. The Hall–Kier alpha value is -1.77. The molecule has 0 spiro atoms. The van der Waals surface area contributed by atoms with Gasteiger partial charge < -0.3 is 9.88 Å².